The highest BCUT2D eigenvalue weighted by Gasteiger charge is 2.04. The maximum Gasteiger partial charge on any atom is 0.166 e. The number of aliphatic hydroxyl groups is 1. The standard InChI is InChI=1S/C11H15ClN2O2S/c1-16-10-3-2-9(12)6-8(10)7-14-11(17)13-4-5-15/h2-3,6,15H,4-5,7H2,1H3,(H2,13,14,17). The molecular formula is C11H15ClN2O2S. The summed E-state index contributed by atoms with van der Waals surface area (Å²) in [5.41, 5.74) is 0.924. The molecule has 0 fully saturated rings. The molecule has 4 nitrogen and oxygen atoms in total. The fourth-order valence-electron chi connectivity index (χ4n) is 1.29. The molecule has 0 saturated carbocycles. The van der Waals surface area contributed by atoms with Gasteiger partial charge in [0.15, 0.2) is 5.11 Å². The summed E-state index contributed by atoms with van der Waals surface area (Å²) in [6.45, 7) is 0.988. The molecule has 6 heteroatoms. The second-order valence-electron chi connectivity index (χ2n) is 3.29. The van der Waals surface area contributed by atoms with Gasteiger partial charge < -0.3 is 20.5 Å². The average Bonchev–Trinajstić information content (AvgIpc) is 2.34. The predicted octanol–water partition coefficient (Wildman–Crippen LogP) is 1.30. The molecule has 0 saturated heterocycles. The molecule has 0 aromatic heterocycles. The summed E-state index contributed by atoms with van der Waals surface area (Å²) in [5.74, 6) is 0.756. The number of methoxy groups -OCH3 is 1. The Morgan fingerprint density at radius 3 is 2.88 bits per heavy atom. The third-order valence-electron chi connectivity index (χ3n) is 2.08. The minimum Gasteiger partial charge on any atom is -0.496 e. The Hall–Kier alpha value is -1.04. The van der Waals surface area contributed by atoms with Crippen LogP contribution in [0.2, 0.25) is 5.02 Å². The normalized spacial score (nSPS) is 9.82. The van der Waals surface area contributed by atoms with Gasteiger partial charge in [-0.25, -0.2) is 0 Å². The minimum absolute atomic E-state index is 0.0440. The highest BCUT2D eigenvalue weighted by Crippen LogP contribution is 2.22. The third-order valence-corrected chi connectivity index (χ3v) is 2.60. The summed E-state index contributed by atoms with van der Waals surface area (Å²) in [7, 11) is 1.61. The molecule has 1 rings (SSSR count). The number of thiocarbonyl (C=S) groups is 1. The van der Waals surface area contributed by atoms with Gasteiger partial charge >= 0.3 is 0 Å². The first-order valence-corrected chi connectivity index (χ1v) is 5.91. The SMILES string of the molecule is COc1ccc(Cl)cc1CNC(=S)NCCO. The molecule has 3 N–H and O–H groups in total. The van der Waals surface area contributed by atoms with Gasteiger partial charge in [0.1, 0.15) is 5.75 Å². The van der Waals surface area contributed by atoms with Crippen LogP contribution in [0.4, 0.5) is 0 Å². The van der Waals surface area contributed by atoms with E-state index in [1.807, 2.05) is 12.1 Å². The van der Waals surface area contributed by atoms with Gasteiger partial charge in [0.2, 0.25) is 0 Å². The van der Waals surface area contributed by atoms with Crippen molar-refractivity contribution in [3.8, 4) is 5.75 Å². The monoisotopic (exact) mass is 274 g/mol. The molecule has 0 aliphatic carbocycles. The molecule has 0 aliphatic heterocycles. The summed E-state index contributed by atoms with van der Waals surface area (Å²) >= 11 is 10.9. The lowest BCUT2D eigenvalue weighted by atomic mass is 10.2. The van der Waals surface area contributed by atoms with E-state index < -0.39 is 0 Å². The van der Waals surface area contributed by atoms with Crippen molar-refractivity contribution in [3.63, 3.8) is 0 Å². The fourth-order valence-corrected chi connectivity index (χ4v) is 1.66. The van der Waals surface area contributed by atoms with Crippen LogP contribution in [0.25, 0.3) is 0 Å². The van der Waals surface area contributed by atoms with Crippen LogP contribution in [0, 0.1) is 0 Å². The summed E-state index contributed by atoms with van der Waals surface area (Å²) in [6.07, 6.45) is 0. The molecule has 17 heavy (non-hydrogen) atoms. The molecule has 0 heterocycles. The predicted molar refractivity (Wildman–Crippen MR) is 72.5 cm³/mol. The number of ether oxygens (including phenoxy) is 1. The molecule has 1 aromatic rings. The molecule has 1 aromatic carbocycles. The fraction of sp³-hybridized carbons (Fsp3) is 0.364. The van der Waals surface area contributed by atoms with Crippen molar-refractivity contribution in [1.82, 2.24) is 10.6 Å². The third kappa shape index (κ3) is 4.77. The first-order valence-electron chi connectivity index (χ1n) is 5.12. The zero-order chi connectivity index (χ0) is 12.7. The molecule has 0 spiro atoms. The van der Waals surface area contributed by atoms with Crippen molar-refractivity contribution in [2.45, 2.75) is 6.54 Å². The molecule has 0 bridgehead atoms. The van der Waals surface area contributed by atoms with Crippen LogP contribution >= 0.6 is 23.8 Å². The van der Waals surface area contributed by atoms with E-state index in [0.717, 1.165) is 11.3 Å². The lowest BCUT2D eigenvalue weighted by Crippen LogP contribution is -2.36. The van der Waals surface area contributed by atoms with E-state index in [4.69, 9.17) is 33.7 Å². The summed E-state index contributed by atoms with van der Waals surface area (Å²) in [4.78, 5) is 0. The number of benzene rings is 1. The number of hydrogen-bond donors (Lipinski definition) is 3. The molecule has 0 atom stereocenters. The Balaban J connectivity index is 2.56. The number of nitrogens with one attached hydrogen (secondary N) is 2. The van der Waals surface area contributed by atoms with Crippen LogP contribution in [-0.4, -0.2) is 30.5 Å². The van der Waals surface area contributed by atoms with E-state index in [1.54, 1.807) is 13.2 Å². The second kappa shape index (κ2) is 7.32. The topological polar surface area (TPSA) is 53.5 Å². The van der Waals surface area contributed by atoms with Crippen molar-refractivity contribution < 1.29 is 9.84 Å². The van der Waals surface area contributed by atoms with Gasteiger partial charge in [-0.3, -0.25) is 0 Å². The second-order valence-corrected chi connectivity index (χ2v) is 4.13. The Morgan fingerprint density at radius 2 is 2.24 bits per heavy atom. The van der Waals surface area contributed by atoms with E-state index in [0.29, 0.717) is 23.2 Å². The maximum atomic E-state index is 8.63. The lowest BCUT2D eigenvalue weighted by molar-refractivity contribution is 0.300. The van der Waals surface area contributed by atoms with Crippen molar-refractivity contribution in [2.24, 2.45) is 0 Å². The highest BCUT2D eigenvalue weighted by atomic mass is 35.5. The van der Waals surface area contributed by atoms with E-state index in [-0.39, 0.29) is 6.61 Å². The van der Waals surface area contributed by atoms with Crippen LogP contribution in [0.1, 0.15) is 5.56 Å². The van der Waals surface area contributed by atoms with Gasteiger partial charge in [-0.15, -0.1) is 0 Å². The molecule has 0 amide bonds. The quantitative estimate of drug-likeness (QED) is 0.707. The van der Waals surface area contributed by atoms with Crippen LogP contribution in [0.15, 0.2) is 18.2 Å². The molecule has 0 radical (unpaired) electrons. The molecule has 0 unspecified atom stereocenters. The first-order chi connectivity index (χ1) is 8.17. The molecule has 0 aliphatic rings. The maximum absolute atomic E-state index is 8.63. The van der Waals surface area contributed by atoms with Crippen LogP contribution in [0.3, 0.4) is 0 Å². The Bertz CT molecular complexity index is 388. The first kappa shape index (κ1) is 14.0. The minimum atomic E-state index is 0.0440. The van der Waals surface area contributed by atoms with Gasteiger partial charge in [0, 0.05) is 23.7 Å². The van der Waals surface area contributed by atoms with Crippen LogP contribution in [-0.2, 0) is 6.54 Å². The number of hydrogen-bond acceptors (Lipinski definition) is 3. The number of halogens is 1. The Kier molecular flexibility index (Phi) is 6.04. The number of aliphatic hydroxyl groups excluding tert-OH is 1. The van der Waals surface area contributed by atoms with E-state index in [9.17, 15) is 0 Å². The van der Waals surface area contributed by atoms with Gasteiger partial charge in [-0.1, -0.05) is 11.6 Å². The Morgan fingerprint density at radius 1 is 1.47 bits per heavy atom. The van der Waals surface area contributed by atoms with Crippen molar-refractivity contribution in [2.75, 3.05) is 20.3 Å². The van der Waals surface area contributed by atoms with E-state index in [2.05, 4.69) is 10.6 Å². The van der Waals surface area contributed by atoms with Crippen molar-refractivity contribution >= 4 is 28.9 Å². The van der Waals surface area contributed by atoms with Gasteiger partial charge in [-0.05, 0) is 30.4 Å². The van der Waals surface area contributed by atoms with Crippen molar-refractivity contribution in [3.05, 3.63) is 28.8 Å². The van der Waals surface area contributed by atoms with Crippen LogP contribution in [0.5, 0.6) is 5.75 Å². The Labute approximate surface area is 111 Å². The summed E-state index contributed by atoms with van der Waals surface area (Å²) < 4.78 is 5.21. The summed E-state index contributed by atoms with van der Waals surface area (Å²) in [5, 5.41) is 15.6. The van der Waals surface area contributed by atoms with Gasteiger partial charge in [0.05, 0.1) is 13.7 Å². The average molecular weight is 275 g/mol. The highest BCUT2D eigenvalue weighted by molar-refractivity contribution is 7.80. The van der Waals surface area contributed by atoms with Crippen molar-refractivity contribution in [1.29, 1.82) is 0 Å². The molecule has 94 valence electrons. The lowest BCUT2D eigenvalue weighted by Gasteiger charge is -2.12. The zero-order valence-corrected chi connectivity index (χ0v) is 11.1. The van der Waals surface area contributed by atoms with Gasteiger partial charge in [0.25, 0.3) is 0 Å². The molecular weight excluding hydrogens is 260 g/mol. The van der Waals surface area contributed by atoms with E-state index >= 15 is 0 Å². The summed E-state index contributed by atoms with van der Waals surface area (Å²) in [6, 6.07) is 5.40. The number of rotatable bonds is 5. The van der Waals surface area contributed by atoms with Gasteiger partial charge in [-0.2, -0.15) is 0 Å². The van der Waals surface area contributed by atoms with Crippen LogP contribution < -0.4 is 15.4 Å². The zero-order valence-electron chi connectivity index (χ0n) is 9.50. The van der Waals surface area contributed by atoms with E-state index in [1.165, 1.54) is 0 Å². The smallest absolute Gasteiger partial charge is 0.166 e. The largest absolute Gasteiger partial charge is 0.496 e.